The SMILES string of the molecule is COc1ccc(Cl)cc1[C@@H]1NC(=O)C[C@H](c2cc(Cl)ccc2OC(C)(C)C(=O)O)[C@@]12C(=O)Nc1cc(Cl)ccc12. The van der Waals surface area contributed by atoms with Crippen LogP contribution >= 0.6 is 34.8 Å². The summed E-state index contributed by atoms with van der Waals surface area (Å²) in [5, 5.41) is 16.8. The molecule has 1 saturated heterocycles. The molecule has 11 heteroatoms. The summed E-state index contributed by atoms with van der Waals surface area (Å²) in [6.45, 7) is 2.83. The van der Waals surface area contributed by atoms with Crippen LogP contribution in [0.1, 0.15) is 48.9 Å². The summed E-state index contributed by atoms with van der Waals surface area (Å²) in [5.41, 5.74) is -1.11. The Morgan fingerprint density at radius 2 is 1.55 bits per heavy atom. The highest BCUT2D eigenvalue weighted by molar-refractivity contribution is 6.31. The summed E-state index contributed by atoms with van der Waals surface area (Å²) in [6.07, 6.45) is -0.126. The molecule has 3 atom stereocenters. The number of aliphatic carboxylic acids is 1. The van der Waals surface area contributed by atoms with E-state index in [4.69, 9.17) is 44.3 Å². The van der Waals surface area contributed by atoms with Gasteiger partial charge in [-0.25, -0.2) is 4.79 Å². The summed E-state index contributed by atoms with van der Waals surface area (Å²) >= 11 is 19.2. The minimum Gasteiger partial charge on any atom is -0.496 e. The maximum Gasteiger partial charge on any atom is 0.347 e. The predicted octanol–water partition coefficient (Wildman–Crippen LogP) is 6.13. The number of carbonyl (C=O) groups is 3. The number of carbonyl (C=O) groups excluding carboxylic acids is 2. The molecule has 2 heterocycles. The third-order valence-electron chi connectivity index (χ3n) is 7.48. The lowest BCUT2D eigenvalue weighted by Crippen LogP contribution is -2.57. The summed E-state index contributed by atoms with van der Waals surface area (Å²) in [4.78, 5) is 39.7. The first-order valence-electron chi connectivity index (χ1n) is 12.3. The third kappa shape index (κ3) is 4.54. The summed E-state index contributed by atoms with van der Waals surface area (Å²) < 4.78 is 11.6. The van der Waals surface area contributed by atoms with Crippen LogP contribution in [0.4, 0.5) is 5.69 Å². The van der Waals surface area contributed by atoms with Gasteiger partial charge in [0.05, 0.1) is 13.2 Å². The molecule has 0 aliphatic carbocycles. The molecule has 2 amide bonds. The van der Waals surface area contributed by atoms with E-state index < -0.39 is 34.9 Å². The van der Waals surface area contributed by atoms with Gasteiger partial charge in [0.1, 0.15) is 16.9 Å². The third-order valence-corrected chi connectivity index (χ3v) is 8.19. The van der Waals surface area contributed by atoms with E-state index >= 15 is 0 Å². The minimum atomic E-state index is -1.62. The molecule has 5 rings (SSSR count). The van der Waals surface area contributed by atoms with Crippen LogP contribution in [0.25, 0.3) is 0 Å². The van der Waals surface area contributed by atoms with Gasteiger partial charge in [-0.1, -0.05) is 40.9 Å². The number of fused-ring (bicyclic) bond motifs is 2. The second kappa shape index (κ2) is 10.2. The molecule has 0 aromatic heterocycles. The normalized spacial score (nSPS) is 21.9. The molecule has 3 aromatic rings. The Hall–Kier alpha value is -3.46. The number of carboxylic acid groups (broad SMARTS) is 1. The highest BCUT2D eigenvalue weighted by Gasteiger charge is 2.62. The van der Waals surface area contributed by atoms with E-state index in [2.05, 4.69) is 10.6 Å². The Labute approximate surface area is 245 Å². The molecule has 3 N–H and O–H groups in total. The van der Waals surface area contributed by atoms with Crippen LogP contribution in [0.5, 0.6) is 11.5 Å². The van der Waals surface area contributed by atoms with Gasteiger partial charge in [0.2, 0.25) is 11.8 Å². The van der Waals surface area contributed by atoms with E-state index in [-0.39, 0.29) is 18.1 Å². The number of halogens is 3. The van der Waals surface area contributed by atoms with E-state index in [9.17, 15) is 19.5 Å². The number of ether oxygens (including phenoxy) is 2. The fourth-order valence-electron chi connectivity index (χ4n) is 5.65. The first-order chi connectivity index (χ1) is 18.9. The van der Waals surface area contributed by atoms with Crippen LogP contribution in [0.15, 0.2) is 54.6 Å². The molecule has 2 aliphatic rings. The second-order valence-corrected chi connectivity index (χ2v) is 11.6. The quantitative estimate of drug-likeness (QED) is 0.312. The van der Waals surface area contributed by atoms with Crippen molar-refractivity contribution in [3.8, 4) is 11.5 Å². The molecule has 0 saturated carbocycles. The highest BCUT2D eigenvalue weighted by atomic mass is 35.5. The first-order valence-corrected chi connectivity index (χ1v) is 13.5. The lowest BCUT2D eigenvalue weighted by molar-refractivity contribution is -0.152. The smallest absolute Gasteiger partial charge is 0.347 e. The van der Waals surface area contributed by atoms with Crippen molar-refractivity contribution in [1.29, 1.82) is 0 Å². The van der Waals surface area contributed by atoms with E-state index in [1.54, 1.807) is 54.6 Å². The van der Waals surface area contributed by atoms with Crippen molar-refractivity contribution in [2.45, 2.75) is 43.2 Å². The van der Waals surface area contributed by atoms with Gasteiger partial charge in [0.25, 0.3) is 0 Å². The Morgan fingerprint density at radius 3 is 2.20 bits per heavy atom. The second-order valence-electron chi connectivity index (χ2n) is 10.3. The minimum absolute atomic E-state index is 0.126. The number of methoxy groups -OCH3 is 1. The van der Waals surface area contributed by atoms with Gasteiger partial charge in [0, 0.05) is 44.2 Å². The van der Waals surface area contributed by atoms with E-state index in [0.29, 0.717) is 43.2 Å². The lowest BCUT2D eigenvalue weighted by Gasteiger charge is -2.47. The van der Waals surface area contributed by atoms with Gasteiger partial charge in [-0.15, -0.1) is 0 Å². The predicted molar refractivity (Wildman–Crippen MR) is 152 cm³/mol. The molecule has 0 bridgehead atoms. The molecule has 1 spiro atoms. The van der Waals surface area contributed by atoms with Gasteiger partial charge in [-0.2, -0.15) is 0 Å². The molecule has 8 nitrogen and oxygen atoms in total. The number of hydrogen-bond donors (Lipinski definition) is 3. The van der Waals surface area contributed by atoms with Crippen molar-refractivity contribution in [2.75, 3.05) is 12.4 Å². The van der Waals surface area contributed by atoms with Crippen LogP contribution in [0.3, 0.4) is 0 Å². The number of rotatable bonds is 6. The van der Waals surface area contributed by atoms with Crippen molar-refractivity contribution < 1.29 is 29.0 Å². The number of carboxylic acids is 1. The summed E-state index contributed by atoms with van der Waals surface area (Å²) in [5.74, 6) is -2.19. The molecule has 40 heavy (non-hydrogen) atoms. The summed E-state index contributed by atoms with van der Waals surface area (Å²) in [6, 6.07) is 13.8. The Balaban J connectivity index is 1.83. The topological polar surface area (TPSA) is 114 Å². The molecule has 208 valence electrons. The molecular formula is C29H25Cl3N2O6. The molecular weight excluding hydrogens is 579 g/mol. The van der Waals surface area contributed by atoms with Gasteiger partial charge in [-0.05, 0) is 67.9 Å². The maximum atomic E-state index is 14.3. The fourth-order valence-corrected chi connectivity index (χ4v) is 6.19. The number of piperidine rings is 1. The van der Waals surface area contributed by atoms with Crippen LogP contribution in [0, 0.1) is 0 Å². The van der Waals surface area contributed by atoms with E-state index in [1.165, 1.54) is 21.0 Å². The first kappa shape index (κ1) is 28.1. The zero-order chi connectivity index (χ0) is 29.0. The zero-order valence-electron chi connectivity index (χ0n) is 21.7. The van der Waals surface area contributed by atoms with Crippen molar-refractivity contribution in [2.24, 2.45) is 0 Å². The maximum absolute atomic E-state index is 14.3. The molecule has 0 radical (unpaired) electrons. The average molecular weight is 604 g/mol. The average Bonchev–Trinajstić information content (AvgIpc) is 3.17. The van der Waals surface area contributed by atoms with E-state index in [0.717, 1.165) is 0 Å². The van der Waals surface area contributed by atoms with E-state index in [1.807, 2.05) is 0 Å². The van der Waals surface area contributed by atoms with Crippen molar-refractivity contribution in [1.82, 2.24) is 5.32 Å². The van der Waals surface area contributed by atoms with Crippen LogP contribution in [-0.2, 0) is 19.8 Å². The Bertz CT molecular complexity index is 1560. The monoisotopic (exact) mass is 602 g/mol. The lowest BCUT2D eigenvalue weighted by atomic mass is 9.59. The van der Waals surface area contributed by atoms with Gasteiger partial charge >= 0.3 is 5.97 Å². The largest absolute Gasteiger partial charge is 0.496 e. The van der Waals surface area contributed by atoms with Gasteiger partial charge < -0.3 is 25.2 Å². The van der Waals surface area contributed by atoms with Crippen LogP contribution in [-0.4, -0.2) is 35.6 Å². The van der Waals surface area contributed by atoms with Crippen molar-refractivity contribution in [3.63, 3.8) is 0 Å². The Kier molecular flexibility index (Phi) is 7.15. The highest BCUT2D eigenvalue weighted by Crippen LogP contribution is 2.59. The number of benzene rings is 3. The fraction of sp³-hybridized carbons (Fsp3) is 0.276. The van der Waals surface area contributed by atoms with Crippen molar-refractivity contribution in [3.05, 3.63) is 86.4 Å². The van der Waals surface area contributed by atoms with Gasteiger partial charge in [0.15, 0.2) is 5.60 Å². The summed E-state index contributed by atoms with van der Waals surface area (Å²) in [7, 11) is 1.49. The standard InChI is InChI=1S/C29H25Cl3N2O6/c1-28(2,27(37)38)40-23-9-6-14(30)10-17(23)20-13-24(35)34-25(18-11-15(31)5-8-22(18)39-3)29(20)19-7-4-16(32)12-21(19)33-26(29)36/h4-12,20,25H,13H2,1-3H3,(H,33,36)(H,34,35)(H,37,38)/t20-,25+,29-/m1/s1. The number of anilines is 1. The van der Waals surface area contributed by atoms with Gasteiger partial charge in [-0.3, -0.25) is 9.59 Å². The molecule has 1 fully saturated rings. The van der Waals surface area contributed by atoms with Crippen molar-refractivity contribution >= 4 is 58.3 Å². The molecule has 0 unspecified atom stereocenters. The Morgan fingerprint density at radius 1 is 0.950 bits per heavy atom. The van der Waals surface area contributed by atoms with Crippen LogP contribution in [0.2, 0.25) is 15.1 Å². The van der Waals surface area contributed by atoms with Crippen LogP contribution < -0.4 is 20.1 Å². The number of nitrogens with one attached hydrogen (secondary N) is 2. The number of amides is 2. The number of hydrogen-bond acceptors (Lipinski definition) is 5. The molecule has 2 aliphatic heterocycles. The molecule has 3 aromatic carbocycles. The zero-order valence-corrected chi connectivity index (χ0v) is 23.9.